The number of carbonyl (C=O) groups excluding carboxylic acids is 1. The number of rotatable bonds is 6. The fraction of sp³-hybridized carbons (Fsp3) is 0.364. The maximum Gasteiger partial charge on any atom is 0.257 e. The number of alkyl halides is 1. The van der Waals surface area contributed by atoms with Crippen molar-refractivity contribution in [2.45, 2.75) is 6.42 Å². The van der Waals surface area contributed by atoms with Gasteiger partial charge in [-0.1, -0.05) is 23.2 Å². The lowest BCUT2D eigenvalue weighted by molar-refractivity contribution is -0.123. The monoisotopic (exact) mass is 295 g/mol. The zero-order valence-electron chi connectivity index (χ0n) is 9.01. The van der Waals surface area contributed by atoms with Gasteiger partial charge >= 0.3 is 0 Å². The zero-order chi connectivity index (χ0) is 12.7. The van der Waals surface area contributed by atoms with Crippen molar-refractivity contribution in [2.75, 3.05) is 19.0 Å². The summed E-state index contributed by atoms with van der Waals surface area (Å²) in [6.07, 6.45) is 0.731. The molecule has 0 saturated carbocycles. The van der Waals surface area contributed by atoms with Gasteiger partial charge in [0.2, 0.25) is 0 Å². The summed E-state index contributed by atoms with van der Waals surface area (Å²) in [7, 11) is 0. The van der Waals surface area contributed by atoms with Gasteiger partial charge in [-0.3, -0.25) is 4.79 Å². The minimum absolute atomic E-state index is 0.0797. The van der Waals surface area contributed by atoms with E-state index >= 15 is 0 Å². The van der Waals surface area contributed by atoms with E-state index in [2.05, 4.69) is 5.32 Å². The Morgan fingerprint density at radius 2 is 2.12 bits per heavy atom. The van der Waals surface area contributed by atoms with Crippen molar-refractivity contribution >= 4 is 40.7 Å². The summed E-state index contributed by atoms with van der Waals surface area (Å²) in [6, 6.07) is 4.83. The summed E-state index contributed by atoms with van der Waals surface area (Å²) in [5.74, 6) is 0.745. The molecule has 0 aliphatic carbocycles. The summed E-state index contributed by atoms with van der Waals surface area (Å²) in [6.45, 7) is 0.462. The van der Waals surface area contributed by atoms with E-state index < -0.39 is 0 Å². The van der Waals surface area contributed by atoms with Gasteiger partial charge in [0.1, 0.15) is 5.75 Å². The minimum atomic E-state index is -0.207. The van der Waals surface area contributed by atoms with Crippen molar-refractivity contribution in [1.29, 1.82) is 0 Å². The standard InChI is InChI=1S/C11H12Cl3NO2/c12-4-1-5-15-11(16)7-17-10-3-2-8(13)6-9(10)14/h2-3,6H,1,4-5,7H2,(H,15,16). The first-order valence-corrected chi connectivity index (χ1v) is 6.33. The highest BCUT2D eigenvalue weighted by molar-refractivity contribution is 6.35. The molecule has 0 bridgehead atoms. The van der Waals surface area contributed by atoms with E-state index in [0.717, 1.165) is 6.42 Å². The Morgan fingerprint density at radius 3 is 2.76 bits per heavy atom. The second-order valence-corrected chi connectivity index (χ2v) is 4.48. The summed E-state index contributed by atoms with van der Waals surface area (Å²) in [4.78, 5) is 11.3. The molecular weight excluding hydrogens is 284 g/mol. The fourth-order valence-electron chi connectivity index (χ4n) is 1.08. The molecule has 94 valence electrons. The molecule has 1 amide bonds. The van der Waals surface area contributed by atoms with Crippen molar-refractivity contribution < 1.29 is 9.53 Å². The normalized spacial score (nSPS) is 10.1. The van der Waals surface area contributed by atoms with Crippen LogP contribution in [0.15, 0.2) is 18.2 Å². The highest BCUT2D eigenvalue weighted by Gasteiger charge is 2.05. The van der Waals surface area contributed by atoms with Crippen molar-refractivity contribution in [3.05, 3.63) is 28.2 Å². The number of benzene rings is 1. The predicted octanol–water partition coefficient (Wildman–Crippen LogP) is 3.12. The lowest BCUT2D eigenvalue weighted by atomic mass is 10.3. The van der Waals surface area contributed by atoms with Gasteiger partial charge in [-0.15, -0.1) is 11.6 Å². The highest BCUT2D eigenvalue weighted by atomic mass is 35.5. The first-order chi connectivity index (χ1) is 8.13. The van der Waals surface area contributed by atoms with Gasteiger partial charge in [-0.2, -0.15) is 0 Å². The fourth-order valence-corrected chi connectivity index (χ4v) is 1.68. The van der Waals surface area contributed by atoms with Crippen LogP contribution < -0.4 is 10.1 Å². The summed E-state index contributed by atoms with van der Waals surface area (Å²) >= 11 is 17.1. The van der Waals surface area contributed by atoms with Crippen LogP contribution in [0.2, 0.25) is 10.0 Å². The molecule has 0 radical (unpaired) electrons. The lowest BCUT2D eigenvalue weighted by Crippen LogP contribution is -2.29. The molecule has 0 heterocycles. The van der Waals surface area contributed by atoms with Crippen LogP contribution in [0.1, 0.15) is 6.42 Å². The van der Waals surface area contributed by atoms with Crippen LogP contribution in [0.4, 0.5) is 0 Å². The van der Waals surface area contributed by atoms with Gasteiger partial charge in [0, 0.05) is 17.4 Å². The number of ether oxygens (including phenoxy) is 1. The second kappa shape index (κ2) is 7.64. The van der Waals surface area contributed by atoms with E-state index in [1.54, 1.807) is 18.2 Å². The minimum Gasteiger partial charge on any atom is -0.482 e. The van der Waals surface area contributed by atoms with Crippen molar-refractivity contribution in [3.8, 4) is 5.75 Å². The molecule has 0 atom stereocenters. The van der Waals surface area contributed by atoms with Crippen LogP contribution in [-0.2, 0) is 4.79 Å². The van der Waals surface area contributed by atoms with Gasteiger partial charge in [-0.25, -0.2) is 0 Å². The van der Waals surface area contributed by atoms with Crippen LogP contribution in [0, 0.1) is 0 Å². The molecule has 0 fully saturated rings. The van der Waals surface area contributed by atoms with E-state index in [1.807, 2.05) is 0 Å². The van der Waals surface area contributed by atoms with Crippen LogP contribution in [0.25, 0.3) is 0 Å². The van der Waals surface area contributed by atoms with Crippen LogP contribution in [-0.4, -0.2) is 24.9 Å². The van der Waals surface area contributed by atoms with E-state index in [0.29, 0.717) is 28.2 Å². The van der Waals surface area contributed by atoms with Crippen LogP contribution in [0.3, 0.4) is 0 Å². The molecular formula is C11H12Cl3NO2. The predicted molar refractivity (Wildman–Crippen MR) is 70.3 cm³/mol. The average Bonchev–Trinajstić information content (AvgIpc) is 2.28. The smallest absolute Gasteiger partial charge is 0.257 e. The highest BCUT2D eigenvalue weighted by Crippen LogP contribution is 2.27. The first kappa shape index (κ1) is 14.4. The largest absolute Gasteiger partial charge is 0.482 e. The summed E-state index contributed by atoms with van der Waals surface area (Å²) in [5.41, 5.74) is 0. The molecule has 1 aromatic carbocycles. The van der Waals surface area contributed by atoms with Crippen molar-refractivity contribution in [2.24, 2.45) is 0 Å². The second-order valence-electron chi connectivity index (χ2n) is 3.26. The summed E-state index contributed by atoms with van der Waals surface area (Å²) in [5, 5.41) is 3.57. The molecule has 0 saturated heterocycles. The number of carbonyl (C=O) groups is 1. The Bertz CT molecular complexity index is 385. The maximum atomic E-state index is 11.3. The van der Waals surface area contributed by atoms with Gasteiger partial charge in [0.25, 0.3) is 5.91 Å². The Balaban J connectivity index is 2.37. The van der Waals surface area contributed by atoms with Gasteiger partial charge < -0.3 is 10.1 Å². The lowest BCUT2D eigenvalue weighted by Gasteiger charge is -2.08. The average molecular weight is 297 g/mol. The Morgan fingerprint density at radius 1 is 1.35 bits per heavy atom. The molecule has 1 N–H and O–H groups in total. The van der Waals surface area contributed by atoms with Gasteiger partial charge in [0.15, 0.2) is 6.61 Å². The molecule has 6 heteroatoms. The third-order valence-electron chi connectivity index (χ3n) is 1.89. The quantitative estimate of drug-likeness (QED) is 0.647. The molecule has 0 aliphatic rings. The van der Waals surface area contributed by atoms with E-state index in [9.17, 15) is 4.79 Å². The van der Waals surface area contributed by atoms with Crippen LogP contribution in [0.5, 0.6) is 5.75 Å². The first-order valence-electron chi connectivity index (χ1n) is 5.04. The third kappa shape index (κ3) is 5.48. The topological polar surface area (TPSA) is 38.3 Å². The van der Waals surface area contributed by atoms with E-state index in [1.165, 1.54) is 0 Å². The van der Waals surface area contributed by atoms with E-state index in [-0.39, 0.29) is 12.5 Å². The third-order valence-corrected chi connectivity index (χ3v) is 2.68. The SMILES string of the molecule is O=C(COc1ccc(Cl)cc1Cl)NCCCCl. The van der Waals surface area contributed by atoms with E-state index in [4.69, 9.17) is 39.5 Å². The molecule has 3 nitrogen and oxygen atoms in total. The van der Waals surface area contributed by atoms with Crippen LogP contribution >= 0.6 is 34.8 Å². The van der Waals surface area contributed by atoms with Gasteiger partial charge in [-0.05, 0) is 24.6 Å². The summed E-state index contributed by atoms with van der Waals surface area (Å²) < 4.78 is 5.25. The molecule has 0 aliphatic heterocycles. The number of nitrogens with one attached hydrogen (secondary N) is 1. The molecule has 1 rings (SSSR count). The maximum absolute atomic E-state index is 11.3. The Labute approximate surface area is 115 Å². The molecule has 0 unspecified atom stereocenters. The van der Waals surface area contributed by atoms with Crippen molar-refractivity contribution in [3.63, 3.8) is 0 Å². The van der Waals surface area contributed by atoms with Crippen molar-refractivity contribution in [1.82, 2.24) is 5.32 Å². The number of amides is 1. The van der Waals surface area contributed by atoms with Gasteiger partial charge in [0.05, 0.1) is 5.02 Å². The molecule has 0 aromatic heterocycles. The Kier molecular flexibility index (Phi) is 6.48. The number of hydrogen-bond acceptors (Lipinski definition) is 2. The molecule has 0 spiro atoms. The molecule has 1 aromatic rings. The Hall–Kier alpha value is -0.640. The number of halogens is 3. The molecule has 17 heavy (non-hydrogen) atoms. The number of hydrogen-bond donors (Lipinski definition) is 1. The zero-order valence-corrected chi connectivity index (χ0v) is 11.3.